The standard InChI is InChI=1S/C20H33N/c1-15-9-6-7-12-19(15)16(2)21-18-11-8-10-17(13-14-18)20(3,4)5/h6-7,9,12,16-18,21H,8,10-11,13-14H2,1-5H3/t16-,17?,18?/m0/s1. The average molecular weight is 287 g/mol. The summed E-state index contributed by atoms with van der Waals surface area (Å²) in [5, 5.41) is 3.89. The van der Waals surface area contributed by atoms with Crippen molar-refractivity contribution in [1.82, 2.24) is 5.32 Å². The van der Waals surface area contributed by atoms with Crippen molar-refractivity contribution in [2.75, 3.05) is 0 Å². The number of rotatable bonds is 3. The topological polar surface area (TPSA) is 12.0 Å². The molecular weight excluding hydrogens is 254 g/mol. The van der Waals surface area contributed by atoms with Gasteiger partial charge in [0.2, 0.25) is 0 Å². The Morgan fingerprint density at radius 1 is 1.05 bits per heavy atom. The first-order valence-electron chi connectivity index (χ1n) is 8.69. The molecule has 2 unspecified atom stereocenters. The number of nitrogens with one attached hydrogen (secondary N) is 1. The van der Waals surface area contributed by atoms with Gasteiger partial charge in [-0.15, -0.1) is 0 Å². The Balaban J connectivity index is 1.93. The van der Waals surface area contributed by atoms with E-state index in [4.69, 9.17) is 0 Å². The third kappa shape index (κ3) is 4.57. The van der Waals surface area contributed by atoms with Gasteiger partial charge in [0.15, 0.2) is 0 Å². The number of hydrogen-bond acceptors (Lipinski definition) is 1. The normalized spacial score (nSPS) is 25.4. The maximum absolute atomic E-state index is 3.89. The molecule has 2 rings (SSSR count). The lowest BCUT2D eigenvalue weighted by Gasteiger charge is -2.30. The SMILES string of the molecule is Cc1ccccc1[C@H](C)NC1CCCC(C(C)(C)C)CC1. The van der Waals surface area contributed by atoms with Crippen LogP contribution in [0.5, 0.6) is 0 Å². The van der Waals surface area contributed by atoms with Gasteiger partial charge in [0.05, 0.1) is 0 Å². The van der Waals surface area contributed by atoms with Crippen molar-refractivity contribution in [2.24, 2.45) is 11.3 Å². The lowest BCUT2D eigenvalue weighted by Crippen LogP contribution is -2.31. The van der Waals surface area contributed by atoms with Gasteiger partial charge in [-0.3, -0.25) is 0 Å². The van der Waals surface area contributed by atoms with Gasteiger partial charge in [-0.1, -0.05) is 51.5 Å². The van der Waals surface area contributed by atoms with Gasteiger partial charge >= 0.3 is 0 Å². The Morgan fingerprint density at radius 3 is 2.43 bits per heavy atom. The molecule has 0 spiro atoms. The zero-order chi connectivity index (χ0) is 15.5. The van der Waals surface area contributed by atoms with Gasteiger partial charge in [-0.2, -0.15) is 0 Å². The van der Waals surface area contributed by atoms with Crippen LogP contribution in [0.3, 0.4) is 0 Å². The smallest absolute Gasteiger partial charge is 0.0296 e. The van der Waals surface area contributed by atoms with Crippen molar-refractivity contribution < 1.29 is 0 Å². The Morgan fingerprint density at radius 2 is 1.76 bits per heavy atom. The van der Waals surface area contributed by atoms with Crippen LogP contribution in [-0.4, -0.2) is 6.04 Å². The second kappa shape index (κ2) is 6.96. The molecular formula is C20H33N. The molecule has 1 aromatic carbocycles. The van der Waals surface area contributed by atoms with Crippen molar-refractivity contribution in [1.29, 1.82) is 0 Å². The van der Waals surface area contributed by atoms with Crippen LogP contribution in [0.25, 0.3) is 0 Å². The fourth-order valence-corrected chi connectivity index (χ4v) is 3.85. The Labute approximate surface area is 131 Å². The minimum atomic E-state index is 0.461. The van der Waals surface area contributed by atoms with Crippen LogP contribution in [0, 0.1) is 18.3 Å². The molecule has 1 aliphatic rings. The minimum Gasteiger partial charge on any atom is -0.307 e. The van der Waals surface area contributed by atoms with Crippen molar-refractivity contribution in [3.8, 4) is 0 Å². The second-order valence-electron chi connectivity index (χ2n) is 8.01. The summed E-state index contributed by atoms with van der Waals surface area (Å²) in [6.45, 7) is 11.7. The van der Waals surface area contributed by atoms with E-state index < -0.39 is 0 Å². The van der Waals surface area contributed by atoms with E-state index in [2.05, 4.69) is 64.2 Å². The number of aryl methyl sites for hydroxylation is 1. The summed E-state index contributed by atoms with van der Waals surface area (Å²) in [6, 6.07) is 9.92. The van der Waals surface area contributed by atoms with E-state index in [-0.39, 0.29) is 0 Å². The maximum Gasteiger partial charge on any atom is 0.0296 e. The van der Waals surface area contributed by atoms with Crippen molar-refractivity contribution in [3.05, 3.63) is 35.4 Å². The Hall–Kier alpha value is -0.820. The molecule has 1 aromatic rings. The van der Waals surface area contributed by atoms with Gasteiger partial charge in [0.1, 0.15) is 0 Å². The number of benzene rings is 1. The molecule has 1 saturated carbocycles. The minimum absolute atomic E-state index is 0.461. The zero-order valence-corrected chi connectivity index (χ0v) is 14.6. The molecule has 0 radical (unpaired) electrons. The zero-order valence-electron chi connectivity index (χ0n) is 14.6. The maximum atomic E-state index is 3.89. The molecule has 0 aromatic heterocycles. The second-order valence-corrected chi connectivity index (χ2v) is 8.01. The molecule has 0 aliphatic heterocycles. The van der Waals surface area contributed by atoms with Crippen LogP contribution in [0.1, 0.15) is 77.0 Å². The molecule has 3 atom stereocenters. The summed E-state index contributed by atoms with van der Waals surface area (Å²) in [5.74, 6) is 0.887. The van der Waals surface area contributed by atoms with Gasteiger partial charge in [-0.05, 0) is 62.0 Å². The average Bonchev–Trinajstić information content (AvgIpc) is 2.64. The summed E-state index contributed by atoms with van der Waals surface area (Å²) in [7, 11) is 0. The molecule has 118 valence electrons. The van der Waals surface area contributed by atoms with E-state index in [1.165, 1.54) is 43.2 Å². The Kier molecular flexibility index (Phi) is 5.48. The quantitative estimate of drug-likeness (QED) is 0.709. The van der Waals surface area contributed by atoms with E-state index in [1.54, 1.807) is 0 Å². The van der Waals surface area contributed by atoms with Crippen molar-refractivity contribution in [3.63, 3.8) is 0 Å². The molecule has 0 heterocycles. The van der Waals surface area contributed by atoms with E-state index in [1.807, 2.05) is 0 Å². The molecule has 0 saturated heterocycles. The number of hydrogen-bond donors (Lipinski definition) is 1. The van der Waals surface area contributed by atoms with Gasteiger partial charge < -0.3 is 5.32 Å². The van der Waals surface area contributed by atoms with Crippen molar-refractivity contribution >= 4 is 0 Å². The first kappa shape index (κ1) is 16.5. The van der Waals surface area contributed by atoms with E-state index >= 15 is 0 Å². The highest BCUT2D eigenvalue weighted by molar-refractivity contribution is 5.28. The van der Waals surface area contributed by atoms with Gasteiger partial charge in [0.25, 0.3) is 0 Å². The molecule has 21 heavy (non-hydrogen) atoms. The van der Waals surface area contributed by atoms with E-state index in [0.717, 1.165) is 5.92 Å². The first-order valence-corrected chi connectivity index (χ1v) is 8.69. The fourth-order valence-electron chi connectivity index (χ4n) is 3.85. The molecule has 1 heteroatoms. The first-order chi connectivity index (χ1) is 9.88. The summed E-state index contributed by atoms with van der Waals surface area (Å²) in [6.07, 6.45) is 6.82. The largest absolute Gasteiger partial charge is 0.307 e. The third-order valence-electron chi connectivity index (χ3n) is 5.33. The van der Waals surface area contributed by atoms with Gasteiger partial charge in [0, 0.05) is 12.1 Å². The summed E-state index contributed by atoms with van der Waals surface area (Å²) in [5.41, 5.74) is 3.32. The third-order valence-corrected chi connectivity index (χ3v) is 5.33. The summed E-state index contributed by atoms with van der Waals surface area (Å²) >= 11 is 0. The lowest BCUT2D eigenvalue weighted by molar-refractivity contribution is 0.213. The fraction of sp³-hybridized carbons (Fsp3) is 0.700. The van der Waals surface area contributed by atoms with Crippen LogP contribution >= 0.6 is 0 Å². The van der Waals surface area contributed by atoms with Crippen LogP contribution in [0.4, 0.5) is 0 Å². The highest BCUT2D eigenvalue weighted by Crippen LogP contribution is 2.37. The van der Waals surface area contributed by atoms with E-state index in [9.17, 15) is 0 Å². The van der Waals surface area contributed by atoms with Crippen LogP contribution < -0.4 is 5.32 Å². The Bertz CT molecular complexity index is 443. The molecule has 1 fully saturated rings. The van der Waals surface area contributed by atoms with Crippen LogP contribution in [0.2, 0.25) is 0 Å². The van der Waals surface area contributed by atoms with Crippen LogP contribution in [0.15, 0.2) is 24.3 Å². The van der Waals surface area contributed by atoms with Crippen molar-refractivity contribution in [2.45, 2.75) is 78.8 Å². The molecule has 1 N–H and O–H groups in total. The summed E-state index contributed by atoms with van der Waals surface area (Å²) < 4.78 is 0. The highest BCUT2D eigenvalue weighted by atomic mass is 14.9. The molecule has 1 aliphatic carbocycles. The predicted molar refractivity (Wildman–Crippen MR) is 92.5 cm³/mol. The summed E-state index contributed by atoms with van der Waals surface area (Å²) in [4.78, 5) is 0. The van der Waals surface area contributed by atoms with E-state index in [0.29, 0.717) is 17.5 Å². The van der Waals surface area contributed by atoms with Gasteiger partial charge in [-0.25, -0.2) is 0 Å². The monoisotopic (exact) mass is 287 g/mol. The lowest BCUT2D eigenvalue weighted by atomic mass is 9.76. The highest BCUT2D eigenvalue weighted by Gasteiger charge is 2.28. The molecule has 0 amide bonds. The van der Waals surface area contributed by atoms with Crippen LogP contribution in [-0.2, 0) is 0 Å². The molecule has 0 bridgehead atoms. The molecule has 1 nitrogen and oxygen atoms in total. The predicted octanol–water partition coefficient (Wildman–Crippen LogP) is 5.64.